The first kappa shape index (κ1) is 13.8. The zero-order valence-electron chi connectivity index (χ0n) is 13.2. The van der Waals surface area contributed by atoms with Gasteiger partial charge in [-0.3, -0.25) is 14.7 Å². The summed E-state index contributed by atoms with van der Waals surface area (Å²) in [6, 6.07) is 3.39. The van der Waals surface area contributed by atoms with E-state index in [0.717, 1.165) is 18.4 Å². The highest BCUT2D eigenvalue weighted by molar-refractivity contribution is 5.95. The average molecular weight is 326 g/mol. The minimum atomic E-state index is -0.752. The van der Waals surface area contributed by atoms with Gasteiger partial charge in [-0.2, -0.15) is 5.10 Å². The Bertz CT molecular complexity index is 855. The molecule has 7 nitrogen and oxygen atoms in total. The van der Waals surface area contributed by atoms with E-state index < -0.39 is 11.4 Å². The Hall–Kier alpha value is -2.57. The van der Waals surface area contributed by atoms with Gasteiger partial charge in [0.1, 0.15) is 5.69 Å². The Labute approximate surface area is 138 Å². The third-order valence-electron chi connectivity index (χ3n) is 6.31. The van der Waals surface area contributed by atoms with E-state index in [1.54, 1.807) is 6.07 Å². The van der Waals surface area contributed by atoms with Crippen molar-refractivity contribution in [3.8, 4) is 11.3 Å². The van der Waals surface area contributed by atoms with Gasteiger partial charge in [-0.1, -0.05) is 0 Å². The molecule has 2 heterocycles. The van der Waals surface area contributed by atoms with Crippen molar-refractivity contribution in [2.24, 2.45) is 30.2 Å². The molecule has 4 saturated carbocycles. The van der Waals surface area contributed by atoms with E-state index in [-0.39, 0.29) is 23.8 Å². The van der Waals surface area contributed by atoms with Crippen molar-refractivity contribution < 1.29 is 14.7 Å². The number of carboxylic acid groups (broad SMARTS) is 1. The summed E-state index contributed by atoms with van der Waals surface area (Å²) in [6.07, 6.45) is 5.71. The minimum absolute atomic E-state index is 0.249. The van der Waals surface area contributed by atoms with Crippen molar-refractivity contribution >= 4 is 11.9 Å². The Morgan fingerprint density at radius 1 is 1.42 bits per heavy atom. The molecule has 4 fully saturated rings. The van der Waals surface area contributed by atoms with Crippen molar-refractivity contribution in [3.05, 3.63) is 30.2 Å². The molecule has 4 aliphatic rings. The van der Waals surface area contributed by atoms with Crippen LogP contribution in [0.2, 0.25) is 0 Å². The third kappa shape index (κ3) is 1.54. The quantitative estimate of drug-likeness (QED) is 0.787. The molecule has 4 bridgehead atoms. The summed E-state index contributed by atoms with van der Waals surface area (Å²) < 4.78 is 1.92. The van der Waals surface area contributed by atoms with Gasteiger partial charge in [0.25, 0.3) is 5.91 Å². The number of aryl methyl sites for hydroxylation is 1. The lowest BCUT2D eigenvalue weighted by atomic mass is 9.97. The van der Waals surface area contributed by atoms with Gasteiger partial charge in [0, 0.05) is 31.0 Å². The van der Waals surface area contributed by atoms with Crippen LogP contribution < -0.4 is 5.32 Å². The molecule has 1 amide bonds. The Kier molecular flexibility index (Phi) is 2.47. The van der Waals surface area contributed by atoms with Gasteiger partial charge in [-0.25, -0.2) is 0 Å². The normalized spacial score (nSPS) is 35.2. The second-order valence-electron chi connectivity index (χ2n) is 7.37. The largest absolute Gasteiger partial charge is 0.481 e. The minimum Gasteiger partial charge on any atom is -0.481 e. The number of aromatic amines is 1. The molecule has 0 aliphatic heterocycles. The van der Waals surface area contributed by atoms with Crippen LogP contribution in [0.3, 0.4) is 0 Å². The SMILES string of the molecule is Cn1ccc(-c2cc(C(=O)NC3C4CC5C(C4)C53C(=O)O)[nH]n2)c1. The summed E-state index contributed by atoms with van der Waals surface area (Å²) in [4.78, 5) is 24.3. The van der Waals surface area contributed by atoms with E-state index in [0.29, 0.717) is 17.3 Å². The van der Waals surface area contributed by atoms with E-state index in [9.17, 15) is 14.7 Å². The maximum absolute atomic E-state index is 12.6. The standard InChI is InChI=1S/C17H18N4O3/c1-21-3-2-8(7-21)12-6-13(20-19-12)15(22)18-14-9-4-10-11(5-9)17(10,14)16(23)24/h2-3,6-7,9-11,14H,4-5H2,1H3,(H,18,22)(H,19,20)(H,23,24). The molecule has 7 heteroatoms. The lowest BCUT2D eigenvalue weighted by Gasteiger charge is -2.21. The third-order valence-corrected chi connectivity index (χ3v) is 6.31. The maximum atomic E-state index is 12.6. The number of carbonyl (C=O) groups excluding carboxylic acids is 1. The zero-order valence-corrected chi connectivity index (χ0v) is 13.2. The summed E-state index contributed by atoms with van der Waals surface area (Å²) >= 11 is 0. The van der Waals surface area contributed by atoms with Gasteiger partial charge in [-0.05, 0) is 42.7 Å². The van der Waals surface area contributed by atoms with Crippen molar-refractivity contribution in [3.63, 3.8) is 0 Å². The molecule has 0 saturated heterocycles. The second kappa shape index (κ2) is 4.28. The average Bonchev–Trinajstić information content (AvgIpc) is 3.16. The maximum Gasteiger partial charge on any atom is 0.312 e. The van der Waals surface area contributed by atoms with Crippen LogP contribution in [0.25, 0.3) is 11.3 Å². The fourth-order valence-corrected chi connectivity index (χ4v) is 5.30. The molecule has 3 unspecified atom stereocenters. The molecule has 3 N–H and O–H groups in total. The molecule has 0 aromatic carbocycles. The Morgan fingerprint density at radius 2 is 2.17 bits per heavy atom. The first-order chi connectivity index (χ1) is 11.5. The van der Waals surface area contributed by atoms with Crippen molar-refractivity contribution in [1.29, 1.82) is 0 Å². The monoisotopic (exact) mass is 326 g/mol. The predicted molar refractivity (Wildman–Crippen MR) is 84.0 cm³/mol. The van der Waals surface area contributed by atoms with Gasteiger partial charge < -0.3 is 15.0 Å². The Balaban J connectivity index is 1.37. The first-order valence-corrected chi connectivity index (χ1v) is 8.24. The lowest BCUT2D eigenvalue weighted by molar-refractivity contribution is -0.144. The lowest BCUT2D eigenvalue weighted by Crippen LogP contribution is -2.44. The molecule has 2 aromatic rings. The van der Waals surface area contributed by atoms with Crippen molar-refractivity contribution in [1.82, 2.24) is 20.1 Å². The van der Waals surface area contributed by atoms with Crippen molar-refractivity contribution in [2.45, 2.75) is 18.9 Å². The van der Waals surface area contributed by atoms with Crippen LogP contribution >= 0.6 is 0 Å². The van der Waals surface area contributed by atoms with Gasteiger partial charge in [0.15, 0.2) is 0 Å². The number of hydrogen-bond donors (Lipinski definition) is 3. The van der Waals surface area contributed by atoms with Crippen LogP contribution in [0.15, 0.2) is 24.5 Å². The fraction of sp³-hybridized carbons (Fsp3) is 0.471. The smallest absolute Gasteiger partial charge is 0.312 e. The summed E-state index contributed by atoms with van der Waals surface area (Å²) in [7, 11) is 1.92. The number of hydrogen-bond acceptors (Lipinski definition) is 3. The number of aliphatic carboxylic acids is 1. The molecule has 3 atom stereocenters. The van der Waals surface area contributed by atoms with E-state index in [2.05, 4.69) is 15.5 Å². The van der Waals surface area contributed by atoms with Crippen LogP contribution in [0, 0.1) is 23.2 Å². The number of nitrogens with one attached hydrogen (secondary N) is 2. The molecule has 0 radical (unpaired) electrons. The van der Waals surface area contributed by atoms with Crippen LogP contribution in [-0.2, 0) is 11.8 Å². The summed E-state index contributed by atoms with van der Waals surface area (Å²) in [5.41, 5.74) is 1.30. The van der Waals surface area contributed by atoms with Crippen molar-refractivity contribution in [2.75, 3.05) is 0 Å². The number of amides is 1. The topological polar surface area (TPSA) is 100 Å². The van der Waals surface area contributed by atoms with E-state index in [4.69, 9.17) is 0 Å². The molecular weight excluding hydrogens is 308 g/mol. The molecule has 2 aromatic heterocycles. The number of rotatable bonds is 4. The fourth-order valence-electron chi connectivity index (χ4n) is 5.30. The van der Waals surface area contributed by atoms with Gasteiger partial charge in [0.2, 0.25) is 0 Å². The number of aromatic nitrogens is 3. The second-order valence-corrected chi connectivity index (χ2v) is 7.37. The highest BCUT2D eigenvalue weighted by Crippen LogP contribution is 2.79. The van der Waals surface area contributed by atoms with Crippen LogP contribution in [0.1, 0.15) is 23.3 Å². The number of H-pyrrole nitrogens is 1. The van der Waals surface area contributed by atoms with Crippen LogP contribution in [-0.4, -0.2) is 37.8 Å². The molecule has 6 rings (SSSR count). The summed E-state index contributed by atoms with van der Waals surface area (Å²) in [5.74, 6) is -0.207. The molecule has 4 aliphatic carbocycles. The van der Waals surface area contributed by atoms with Gasteiger partial charge in [0.05, 0.1) is 11.1 Å². The summed E-state index contributed by atoms with van der Waals surface area (Å²) in [5, 5.41) is 19.6. The van der Waals surface area contributed by atoms with E-state index in [1.165, 1.54) is 0 Å². The molecule has 124 valence electrons. The van der Waals surface area contributed by atoms with Crippen LogP contribution in [0.5, 0.6) is 0 Å². The van der Waals surface area contributed by atoms with Crippen LogP contribution in [0.4, 0.5) is 0 Å². The predicted octanol–water partition coefficient (Wildman–Crippen LogP) is 1.25. The molecule has 0 spiro atoms. The number of carbonyl (C=O) groups is 2. The highest BCUT2D eigenvalue weighted by atomic mass is 16.4. The number of carboxylic acids is 1. The number of nitrogens with zero attached hydrogens (tertiary/aromatic N) is 2. The first-order valence-electron chi connectivity index (χ1n) is 8.24. The van der Waals surface area contributed by atoms with Gasteiger partial charge in [-0.15, -0.1) is 0 Å². The highest BCUT2D eigenvalue weighted by Gasteiger charge is 2.83. The Morgan fingerprint density at radius 3 is 2.79 bits per heavy atom. The van der Waals surface area contributed by atoms with E-state index >= 15 is 0 Å². The molecule has 24 heavy (non-hydrogen) atoms. The molecular formula is C17H18N4O3. The van der Waals surface area contributed by atoms with E-state index in [1.807, 2.05) is 30.1 Å². The zero-order chi connectivity index (χ0) is 16.6. The summed E-state index contributed by atoms with van der Waals surface area (Å²) in [6.45, 7) is 0. The van der Waals surface area contributed by atoms with Gasteiger partial charge >= 0.3 is 5.97 Å².